The first kappa shape index (κ1) is 8.03. The Morgan fingerprint density at radius 3 is 3.09 bits per heavy atom. The Morgan fingerprint density at radius 2 is 2.64 bits per heavy atom. The number of hydrazine groups is 2. The van der Waals surface area contributed by atoms with Crippen LogP contribution in [0.4, 0.5) is 0 Å². The standard InChI is InChI=1S/C6H9N3OS/c1-2-4-8(6-11)9-7-3-5-10-9/h2-3,5-7H,1,4H2. The lowest BCUT2D eigenvalue weighted by molar-refractivity contribution is -0.223. The van der Waals surface area contributed by atoms with Crippen molar-refractivity contribution < 1.29 is 4.84 Å². The van der Waals surface area contributed by atoms with E-state index < -0.39 is 0 Å². The summed E-state index contributed by atoms with van der Waals surface area (Å²) in [6.07, 6.45) is 4.91. The molecule has 11 heavy (non-hydrogen) atoms. The fraction of sp³-hybridized carbons (Fsp3) is 0.167. The third-order valence-electron chi connectivity index (χ3n) is 1.08. The number of hydrogen-bond acceptors (Lipinski definition) is 4. The Kier molecular flexibility index (Phi) is 2.88. The molecule has 0 fully saturated rings. The van der Waals surface area contributed by atoms with E-state index >= 15 is 0 Å². The van der Waals surface area contributed by atoms with Crippen molar-refractivity contribution in [1.29, 1.82) is 0 Å². The van der Waals surface area contributed by atoms with E-state index in [2.05, 4.69) is 12.0 Å². The Hall–Kier alpha value is -1.07. The smallest absolute Gasteiger partial charge is 0.133 e. The van der Waals surface area contributed by atoms with Gasteiger partial charge in [-0.2, -0.15) is 0 Å². The van der Waals surface area contributed by atoms with E-state index in [1.165, 1.54) is 17.0 Å². The van der Waals surface area contributed by atoms with Crippen LogP contribution in [-0.4, -0.2) is 22.3 Å². The summed E-state index contributed by atoms with van der Waals surface area (Å²) >= 11 is 4.74. The average Bonchev–Trinajstić information content (AvgIpc) is 2.52. The largest absolute Gasteiger partial charge is 0.373 e. The van der Waals surface area contributed by atoms with Gasteiger partial charge < -0.3 is 4.84 Å². The van der Waals surface area contributed by atoms with E-state index in [1.807, 2.05) is 0 Å². The lowest BCUT2D eigenvalue weighted by Crippen LogP contribution is -2.44. The van der Waals surface area contributed by atoms with E-state index in [1.54, 1.807) is 17.3 Å². The SMILES string of the molecule is C=CCN(C=S)N1NC=CO1. The number of rotatable bonds is 4. The maximum atomic E-state index is 4.98. The van der Waals surface area contributed by atoms with Crippen molar-refractivity contribution in [2.75, 3.05) is 6.54 Å². The minimum absolute atomic E-state index is 0.609. The average molecular weight is 171 g/mol. The molecule has 0 saturated carbocycles. The van der Waals surface area contributed by atoms with Crippen molar-refractivity contribution in [3.8, 4) is 0 Å². The first-order valence-electron chi connectivity index (χ1n) is 3.09. The lowest BCUT2D eigenvalue weighted by atomic mass is 10.6. The molecule has 5 heteroatoms. The Morgan fingerprint density at radius 1 is 1.82 bits per heavy atom. The molecule has 1 heterocycles. The van der Waals surface area contributed by atoms with E-state index in [4.69, 9.17) is 17.1 Å². The van der Waals surface area contributed by atoms with Crippen LogP contribution in [0, 0.1) is 0 Å². The van der Waals surface area contributed by atoms with Gasteiger partial charge in [-0.1, -0.05) is 18.3 Å². The van der Waals surface area contributed by atoms with Crippen LogP contribution in [0.15, 0.2) is 25.1 Å². The molecule has 0 atom stereocenters. The molecule has 0 saturated heterocycles. The zero-order chi connectivity index (χ0) is 8.10. The van der Waals surface area contributed by atoms with Crippen LogP contribution in [0.3, 0.4) is 0 Å². The molecule has 1 aliphatic rings. The van der Waals surface area contributed by atoms with E-state index in [0.717, 1.165) is 0 Å². The summed E-state index contributed by atoms with van der Waals surface area (Å²) < 4.78 is 0. The van der Waals surface area contributed by atoms with Gasteiger partial charge >= 0.3 is 0 Å². The monoisotopic (exact) mass is 171 g/mol. The Labute approximate surface area is 70.6 Å². The minimum atomic E-state index is 0.609. The van der Waals surface area contributed by atoms with Gasteiger partial charge in [-0.3, -0.25) is 5.43 Å². The summed E-state index contributed by atoms with van der Waals surface area (Å²) in [5.74, 6) is 0. The summed E-state index contributed by atoms with van der Waals surface area (Å²) in [5.41, 5.74) is 4.28. The van der Waals surface area contributed by atoms with E-state index in [9.17, 15) is 0 Å². The molecule has 4 nitrogen and oxygen atoms in total. The zero-order valence-electron chi connectivity index (χ0n) is 5.93. The van der Waals surface area contributed by atoms with Gasteiger partial charge in [0.2, 0.25) is 0 Å². The number of hydrogen-bond donors (Lipinski definition) is 1. The summed E-state index contributed by atoms with van der Waals surface area (Å²) in [7, 11) is 0. The third kappa shape index (κ3) is 1.92. The van der Waals surface area contributed by atoms with Crippen LogP contribution in [0.25, 0.3) is 0 Å². The molecule has 0 bridgehead atoms. The second-order valence-electron chi connectivity index (χ2n) is 1.83. The molecule has 0 aliphatic carbocycles. The summed E-state index contributed by atoms with van der Waals surface area (Å²) in [5, 5.41) is 3.07. The normalized spacial score (nSPS) is 15.3. The molecule has 0 radical (unpaired) electrons. The van der Waals surface area contributed by atoms with Gasteiger partial charge in [-0.15, -0.1) is 6.58 Å². The first-order valence-corrected chi connectivity index (χ1v) is 3.56. The van der Waals surface area contributed by atoms with Crippen LogP contribution >= 0.6 is 12.2 Å². The topological polar surface area (TPSA) is 27.7 Å². The molecule has 1 aliphatic heterocycles. The van der Waals surface area contributed by atoms with Crippen LogP contribution in [0.2, 0.25) is 0 Å². The summed E-state index contributed by atoms with van der Waals surface area (Å²) in [6.45, 7) is 4.19. The molecule has 0 amide bonds. The lowest BCUT2D eigenvalue weighted by Gasteiger charge is -2.24. The molecular formula is C6H9N3OS. The van der Waals surface area contributed by atoms with Crippen molar-refractivity contribution in [1.82, 2.24) is 15.7 Å². The molecule has 0 aromatic heterocycles. The maximum absolute atomic E-state index is 4.98. The number of thiocarbonyl (C=S) groups is 1. The Bertz CT molecular complexity index is 175. The van der Waals surface area contributed by atoms with Gasteiger partial charge in [0.05, 0.1) is 18.2 Å². The zero-order valence-corrected chi connectivity index (χ0v) is 6.75. The summed E-state index contributed by atoms with van der Waals surface area (Å²) in [4.78, 5) is 4.98. The number of nitrogens with one attached hydrogen (secondary N) is 1. The third-order valence-corrected chi connectivity index (χ3v) is 1.33. The molecule has 0 aromatic rings. The molecular weight excluding hydrogens is 162 g/mol. The maximum Gasteiger partial charge on any atom is 0.133 e. The number of nitrogens with zero attached hydrogens (tertiary/aromatic N) is 2. The molecule has 0 aromatic carbocycles. The molecule has 60 valence electrons. The van der Waals surface area contributed by atoms with Crippen molar-refractivity contribution in [2.45, 2.75) is 0 Å². The van der Waals surface area contributed by atoms with Crippen LogP contribution in [0.1, 0.15) is 0 Å². The quantitative estimate of drug-likeness (QED) is 0.493. The highest BCUT2D eigenvalue weighted by atomic mass is 32.1. The summed E-state index contributed by atoms with van der Waals surface area (Å²) in [6, 6.07) is 0. The predicted molar refractivity (Wildman–Crippen MR) is 45.8 cm³/mol. The van der Waals surface area contributed by atoms with Crippen LogP contribution in [-0.2, 0) is 4.84 Å². The van der Waals surface area contributed by atoms with Gasteiger partial charge in [0.15, 0.2) is 0 Å². The van der Waals surface area contributed by atoms with Crippen molar-refractivity contribution in [3.63, 3.8) is 0 Å². The van der Waals surface area contributed by atoms with Crippen molar-refractivity contribution in [3.05, 3.63) is 25.1 Å². The highest BCUT2D eigenvalue weighted by molar-refractivity contribution is 7.78. The van der Waals surface area contributed by atoms with E-state index in [0.29, 0.717) is 6.54 Å². The van der Waals surface area contributed by atoms with Crippen molar-refractivity contribution >= 4 is 17.7 Å². The fourth-order valence-corrected chi connectivity index (χ4v) is 0.811. The van der Waals surface area contributed by atoms with E-state index in [-0.39, 0.29) is 0 Å². The predicted octanol–water partition coefficient (Wildman–Crippen LogP) is 0.570. The van der Waals surface area contributed by atoms with Gasteiger partial charge in [-0.05, 0) is 0 Å². The van der Waals surface area contributed by atoms with Gasteiger partial charge in [-0.25, -0.2) is 5.01 Å². The van der Waals surface area contributed by atoms with Crippen LogP contribution in [0.5, 0.6) is 0 Å². The second kappa shape index (κ2) is 3.95. The van der Waals surface area contributed by atoms with Gasteiger partial charge in [0.1, 0.15) is 6.26 Å². The second-order valence-corrected chi connectivity index (χ2v) is 2.04. The van der Waals surface area contributed by atoms with Crippen LogP contribution < -0.4 is 5.43 Å². The van der Waals surface area contributed by atoms with Gasteiger partial charge in [0, 0.05) is 5.28 Å². The van der Waals surface area contributed by atoms with Gasteiger partial charge in [0.25, 0.3) is 0 Å². The first-order chi connectivity index (χ1) is 5.38. The molecule has 0 unspecified atom stereocenters. The Balaban J connectivity index is 2.41. The highest BCUT2D eigenvalue weighted by Gasteiger charge is 2.12. The molecule has 1 N–H and O–H groups in total. The van der Waals surface area contributed by atoms with Crippen molar-refractivity contribution in [2.24, 2.45) is 0 Å². The molecule has 1 rings (SSSR count). The highest BCUT2D eigenvalue weighted by Crippen LogP contribution is 1.99. The molecule has 0 spiro atoms. The fourth-order valence-electron chi connectivity index (χ4n) is 0.640. The minimum Gasteiger partial charge on any atom is -0.373 e.